The van der Waals surface area contributed by atoms with Crippen LogP contribution in [0.1, 0.15) is 26.5 Å². The Kier molecular flexibility index (Phi) is 5.15. The number of alkyl carbamates (subject to hydrolysis) is 1. The number of hydrogen-bond acceptors (Lipinski definition) is 4. The summed E-state index contributed by atoms with van der Waals surface area (Å²) in [6.45, 7) is 6.47. The first-order valence-corrected chi connectivity index (χ1v) is 5.87. The first kappa shape index (κ1) is 14.5. The second kappa shape index (κ2) is 6.39. The molecule has 18 heavy (non-hydrogen) atoms. The van der Waals surface area contributed by atoms with E-state index in [0.717, 1.165) is 5.69 Å². The van der Waals surface area contributed by atoms with Crippen LogP contribution in [-0.4, -0.2) is 34.9 Å². The molecule has 6 nitrogen and oxygen atoms in total. The zero-order valence-electron chi connectivity index (χ0n) is 11.4. The van der Waals surface area contributed by atoms with Crippen LogP contribution in [0.5, 0.6) is 0 Å². The fourth-order valence-corrected chi connectivity index (χ4v) is 1.42. The number of aromatic nitrogens is 2. The maximum absolute atomic E-state index is 11.4. The molecule has 0 aromatic carbocycles. The number of methoxy groups -OCH3 is 1. The average molecular weight is 255 g/mol. The van der Waals surface area contributed by atoms with Gasteiger partial charge in [-0.2, -0.15) is 0 Å². The summed E-state index contributed by atoms with van der Waals surface area (Å²) in [7, 11) is 1.63. The van der Waals surface area contributed by atoms with E-state index in [4.69, 9.17) is 9.47 Å². The van der Waals surface area contributed by atoms with Gasteiger partial charge in [0.15, 0.2) is 0 Å². The van der Waals surface area contributed by atoms with Gasteiger partial charge in [0.1, 0.15) is 12.3 Å². The van der Waals surface area contributed by atoms with E-state index in [1.807, 2.05) is 25.3 Å². The van der Waals surface area contributed by atoms with Crippen molar-refractivity contribution in [2.75, 3.05) is 13.7 Å². The van der Waals surface area contributed by atoms with Crippen molar-refractivity contribution in [1.82, 2.24) is 14.9 Å². The van der Waals surface area contributed by atoms with E-state index in [1.165, 1.54) is 0 Å². The van der Waals surface area contributed by atoms with Gasteiger partial charge in [-0.25, -0.2) is 9.78 Å². The minimum Gasteiger partial charge on any atom is -0.444 e. The van der Waals surface area contributed by atoms with E-state index in [2.05, 4.69) is 10.3 Å². The van der Waals surface area contributed by atoms with Gasteiger partial charge >= 0.3 is 6.09 Å². The van der Waals surface area contributed by atoms with Crippen LogP contribution in [-0.2, 0) is 22.6 Å². The van der Waals surface area contributed by atoms with Crippen molar-refractivity contribution in [3.8, 4) is 0 Å². The van der Waals surface area contributed by atoms with Gasteiger partial charge in [0.2, 0.25) is 0 Å². The summed E-state index contributed by atoms with van der Waals surface area (Å²) in [5, 5.41) is 2.70. The Balaban J connectivity index is 2.33. The van der Waals surface area contributed by atoms with Crippen LogP contribution in [0.2, 0.25) is 0 Å². The highest BCUT2D eigenvalue weighted by Crippen LogP contribution is 2.06. The second-order valence-electron chi connectivity index (χ2n) is 4.95. The fourth-order valence-electron chi connectivity index (χ4n) is 1.42. The van der Waals surface area contributed by atoms with Gasteiger partial charge in [0.25, 0.3) is 0 Å². The van der Waals surface area contributed by atoms with E-state index in [9.17, 15) is 4.79 Å². The predicted octanol–water partition coefficient (Wildman–Crippen LogP) is 1.55. The van der Waals surface area contributed by atoms with Crippen LogP contribution in [0.4, 0.5) is 4.79 Å². The molecular weight excluding hydrogens is 234 g/mol. The van der Waals surface area contributed by atoms with Crippen LogP contribution in [0.15, 0.2) is 12.5 Å². The van der Waals surface area contributed by atoms with Crippen LogP contribution >= 0.6 is 0 Å². The lowest BCUT2D eigenvalue weighted by Gasteiger charge is -2.19. The van der Waals surface area contributed by atoms with E-state index < -0.39 is 11.7 Å². The van der Waals surface area contributed by atoms with Crippen LogP contribution < -0.4 is 5.32 Å². The van der Waals surface area contributed by atoms with E-state index >= 15 is 0 Å². The number of carbonyl (C=O) groups is 1. The number of hydrogen-bond donors (Lipinski definition) is 1. The Labute approximate surface area is 107 Å². The molecule has 6 heteroatoms. The number of ether oxygens (including phenoxy) is 2. The second-order valence-corrected chi connectivity index (χ2v) is 4.95. The highest BCUT2D eigenvalue weighted by atomic mass is 16.6. The van der Waals surface area contributed by atoms with Crippen molar-refractivity contribution in [3.63, 3.8) is 0 Å². The highest BCUT2D eigenvalue weighted by molar-refractivity contribution is 5.67. The zero-order valence-corrected chi connectivity index (χ0v) is 11.4. The van der Waals surface area contributed by atoms with Crippen molar-refractivity contribution in [2.24, 2.45) is 0 Å². The van der Waals surface area contributed by atoms with Gasteiger partial charge in [-0.15, -0.1) is 0 Å². The van der Waals surface area contributed by atoms with Gasteiger partial charge in [-0.05, 0) is 20.8 Å². The lowest BCUT2D eigenvalue weighted by Crippen LogP contribution is -2.33. The monoisotopic (exact) mass is 255 g/mol. The van der Waals surface area contributed by atoms with Crippen molar-refractivity contribution in [2.45, 2.75) is 39.5 Å². The molecule has 0 saturated carbocycles. The Bertz CT molecular complexity index is 382. The third-order valence-electron chi connectivity index (χ3n) is 2.12. The summed E-state index contributed by atoms with van der Waals surface area (Å²) in [6.07, 6.45) is 3.74. The SMILES string of the molecule is COCn1cncc1CCNC(=O)OC(C)(C)C. The molecule has 0 aliphatic heterocycles. The topological polar surface area (TPSA) is 65.4 Å². The Hall–Kier alpha value is -1.56. The molecule has 0 bridgehead atoms. The summed E-state index contributed by atoms with van der Waals surface area (Å²) in [6, 6.07) is 0. The standard InChI is InChI=1S/C12H21N3O3/c1-12(2,3)18-11(16)14-6-5-10-7-13-8-15(10)9-17-4/h7-8H,5-6,9H2,1-4H3,(H,14,16). The third-order valence-corrected chi connectivity index (χ3v) is 2.12. The smallest absolute Gasteiger partial charge is 0.407 e. The van der Waals surface area contributed by atoms with Crippen molar-refractivity contribution >= 4 is 6.09 Å². The molecule has 0 atom stereocenters. The number of carbonyl (C=O) groups excluding carboxylic acids is 1. The predicted molar refractivity (Wildman–Crippen MR) is 67.2 cm³/mol. The first-order valence-electron chi connectivity index (χ1n) is 5.87. The molecule has 0 aliphatic carbocycles. The zero-order chi connectivity index (χ0) is 13.6. The normalized spacial score (nSPS) is 11.3. The summed E-state index contributed by atoms with van der Waals surface area (Å²) < 4.78 is 12.1. The molecule has 0 spiro atoms. The Morgan fingerprint density at radius 1 is 1.50 bits per heavy atom. The molecule has 0 aliphatic rings. The maximum Gasteiger partial charge on any atom is 0.407 e. The highest BCUT2D eigenvalue weighted by Gasteiger charge is 2.15. The number of nitrogens with one attached hydrogen (secondary N) is 1. The third kappa shape index (κ3) is 5.18. The molecule has 1 amide bonds. The number of imidazole rings is 1. The largest absolute Gasteiger partial charge is 0.444 e. The van der Waals surface area contributed by atoms with Crippen LogP contribution in [0, 0.1) is 0 Å². The molecule has 1 N–H and O–H groups in total. The Morgan fingerprint density at radius 3 is 2.83 bits per heavy atom. The van der Waals surface area contributed by atoms with Gasteiger partial charge in [-0.1, -0.05) is 0 Å². The number of nitrogens with zero attached hydrogens (tertiary/aromatic N) is 2. The lowest BCUT2D eigenvalue weighted by molar-refractivity contribution is 0.0528. The molecule has 0 radical (unpaired) electrons. The first-order chi connectivity index (χ1) is 8.42. The number of rotatable bonds is 5. The molecule has 1 rings (SSSR count). The molecule has 102 valence electrons. The van der Waals surface area contributed by atoms with E-state index in [-0.39, 0.29) is 0 Å². The number of amides is 1. The molecule has 0 unspecified atom stereocenters. The molecular formula is C12H21N3O3. The van der Waals surface area contributed by atoms with E-state index in [1.54, 1.807) is 19.6 Å². The summed E-state index contributed by atoms with van der Waals surface area (Å²) in [4.78, 5) is 15.5. The van der Waals surface area contributed by atoms with Crippen LogP contribution in [0.3, 0.4) is 0 Å². The van der Waals surface area contributed by atoms with E-state index in [0.29, 0.717) is 19.7 Å². The maximum atomic E-state index is 11.4. The van der Waals surface area contributed by atoms with Gasteiger partial charge in [0.05, 0.1) is 6.33 Å². The molecule has 0 saturated heterocycles. The Morgan fingerprint density at radius 2 is 2.22 bits per heavy atom. The molecule has 1 aromatic rings. The summed E-state index contributed by atoms with van der Waals surface area (Å²) in [5.41, 5.74) is 0.537. The van der Waals surface area contributed by atoms with Gasteiger partial charge < -0.3 is 19.4 Å². The fraction of sp³-hybridized carbons (Fsp3) is 0.667. The lowest BCUT2D eigenvalue weighted by atomic mass is 10.2. The quantitative estimate of drug-likeness (QED) is 0.867. The molecule has 0 fully saturated rings. The minimum absolute atomic E-state index is 0.402. The van der Waals surface area contributed by atoms with Crippen molar-refractivity contribution < 1.29 is 14.3 Å². The van der Waals surface area contributed by atoms with Gasteiger partial charge in [0, 0.05) is 32.0 Å². The molecule has 1 aromatic heterocycles. The van der Waals surface area contributed by atoms with Crippen LogP contribution in [0.25, 0.3) is 0 Å². The van der Waals surface area contributed by atoms with Gasteiger partial charge in [-0.3, -0.25) is 0 Å². The summed E-state index contributed by atoms with van der Waals surface area (Å²) in [5.74, 6) is 0. The van der Waals surface area contributed by atoms with Crippen molar-refractivity contribution in [3.05, 3.63) is 18.2 Å². The molecule has 1 heterocycles. The summed E-state index contributed by atoms with van der Waals surface area (Å²) >= 11 is 0. The van der Waals surface area contributed by atoms with Crippen molar-refractivity contribution in [1.29, 1.82) is 0 Å². The minimum atomic E-state index is -0.470. The average Bonchev–Trinajstić information content (AvgIpc) is 2.64.